The Balaban J connectivity index is 1.88. The van der Waals surface area contributed by atoms with E-state index >= 15 is 0 Å². The van der Waals surface area contributed by atoms with E-state index in [0.717, 1.165) is 5.56 Å². The number of carbonyl (C=O) groups excluding carboxylic acids is 3. The number of hydrogen-bond donors (Lipinski definition) is 2. The summed E-state index contributed by atoms with van der Waals surface area (Å²) in [7, 11) is 1.47. The van der Waals surface area contributed by atoms with Crippen molar-refractivity contribution in [1.82, 2.24) is 5.32 Å². The third kappa shape index (κ3) is 6.31. The minimum absolute atomic E-state index is 0.138. The molecule has 0 bridgehead atoms. The van der Waals surface area contributed by atoms with Gasteiger partial charge in [0.2, 0.25) is 5.91 Å². The third-order valence-corrected chi connectivity index (χ3v) is 3.74. The highest BCUT2D eigenvalue weighted by atomic mass is 35.5. The summed E-state index contributed by atoms with van der Waals surface area (Å²) in [4.78, 5) is 34.9. The van der Waals surface area contributed by atoms with Crippen LogP contribution in [0.5, 0.6) is 5.75 Å². The minimum atomic E-state index is -0.630. The summed E-state index contributed by atoms with van der Waals surface area (Å²) < 4.78 is 10.1. The van der Waals surface area contributed by atoms with Crippen molar-refractivity contribution in [2.45, 2.75) is 13.5 Å². The Morgan fingerprint density at radius 3 is 2.41 bits per heavy atom. The first kappa shape index (κ1) is 20.3. The normalized spacial score (nSPS) is 10.0. The first-order valence-corrected chi connectivity index (χ1v) is 8.40. The SMILES string of the molecule is COc1ccc(Cl)cc1NC(=O)COC(=O)c1ccc(CNC(C)=O)cc1. The number of carbonyl (C=O) groups is 3. The van der Waals surface area contributed by atoms with Crippen molar-refractivity contribution < 1.29 is 23.9 Å². The maximum Gasteiger partial charge on any atom is 0.338 e. The van der Waals surface area contributed by atoms with Crippen molar-refractivity contribution in [2.75, 3.05) is 19.0 Å². The third-order valence-electron chi connectivity index (χ3n) is 3.50. The average Bonchev–Trinajstić information content (AvgIpc) is 2.65. The number of amides is 2. The van der Waals surface area contributed by atoms with Crippen LogP contribution in [0.4, 0.5) is 5.69 Å². The van der Waals surface area contributed by atoms with E-state index in [1.807, 2.05) is 0 Å². The zero-order valence-electron chi connectivity index (χ0n) is 14.9. The average molecular weight is 391 g/mol. The molecule has 0 spiro atoms. The molecule has 0 unspecified atom stereocenters. The van der Waals surface area contributed by atoms with Crippen LogP contribution in [0.2, 0.25) is 5.02 Å². The molecule has 7 nitrogen and oxygen atoms in total. The Morgan fingerprint density at radius 1 is 1.07 bits per heavy atom. The molecule has 8 heteroatoms. The van der Waals surface area contributed by atoms with Crippen LogP contribution < -0.4 is 15.4 Å². The van der Waals surface area contributed by atoms with Crippen LogP contribution in [0.15, 0.2) is 42.5 Å². The molecule has 142 valence electrons. The molecule has 0 saturated heterocycles. The number of rotatable bonds is 7. The summed E-state index contributed by atoms with van der Waals surface area (Å²) in [5, 5.41) is 5.67. The van der Waals surface area contributed by atoms with Gasteiger partial charge in [0.1, 0.15) is 5.75 Å². The first-order valence-electron chi connectivity index (χ1n) is 8.03. The van der Waals surface area contributed by atoms with Gasteiger partial charge < -0.3 is 20.1 Å². The van der Waals surface area contributed by atoms with Crippen molar-refractivity contribution in [3.63, 3.8) is 0 Å². The lowest BCUT2D eigenvalue weighted by Gasteiger charge is -2.11. The Morgan fingerprint density at radius 2 is 1.78 bits per heavy atom. The number of anilines is 1. The van der Waals surface area contributed by atoms with Crippen LogP contribution >= 0.6 is 11.6 Å². The monoisotopic (exact) mass is 390 g/mol. The summed E-state index contributed by atoms with van der Waals surface area (Å²) >= 11 is 5.90. The fourth-order valence-electron chi connectivity index (χ4n) is 2.16. The van der Waals surface area contributed by atoms with Crippen molar-refractivity contribution in [1.29, 1.82) is 0 Å². The van der Waals surface area contributed by atoms with E-state index in [-0.39, 0.29) is 5.91 Å². The van der Waals surface area contributed by atoms with Gasteiger partial charge in [-0.2, -0.15) is 0 Å². The van der Waals surface area contributed by atoms with Gasteiger partial charge >= 0.3 is 5.97 Å². The summed E-state index contributed by atoms with van der Waals surface area (Å²) in [5.41, 5.74) is 1.52. The lowest BCUT2D eigenvalue weighted by molar-refractivity contribution is -0.119. The van der Waals surface area contributed by atoms with Gasteiger partial charge in [0.25, 0.3) is 5.91 Å². The van der Waals surface area contributed by atoms with Crippen LogP contribution in [0, 0.1) is 0 Å². The molecule has 2 aromatic carbocycles. The van der Waals surface area contributed by atoms with Crippen molar-refractivity contribution in [2.24, 2.45) is 0 Å². The van der Waals surface area contributed by atoms with Gasteiger partial charge in [-0.15, -0.1) is 0 Å². The summed E-state index contributed by atoms with van der Waals surface area (Å²) in [5.74, 6) is -0.852. The maximum absolute atomic E-state index is 12.0. The molecule has 0 aliphatic rings. The van der Waals surface area contributed by atoms with Gasteiger partial charge in [-0.1, -0.05) is 23.7 Å². The molecule has 0 saturated carbocycles. The van der Waals surface area contributed by atoms with Crippen LogP contribution in [0.1, 0.15) is 22.8 Å². The molecule has 0 fully saturated rings. The van der Waals surface area contributed by atoms with Gasteiger partial charge in [-0.3, -0.25) is 9.59 Å². The van der Waals surface area contributed by atoms with Crippen LogP contribution in [-0.4, -0.2) is 31.5 Å². The number of benzene rings is 2. The van der Waals surface area contributed by atoms with E-state index in [1.165, 1.54) is 20.1 Å². The van der Waals surface area contributed by atoms with Crippen LogP contribution in [-0.2, 0) is 20.9 Å². The predicted octanol–water partition coefficient (Wildman–Crippen LogP) is 2.78. The highest BCUT2D eigenvalue weighted by Crippen LogP contribution is 2.27. The largest absolute Gasteiger partial charge is 0.495 e. The minimum Gasteiger partial charge on any atom is -0.495 e. The molecular weight excluding hydrogens is 372 g/mol. The Kier molecular flexibility index (Phi) is 7.19. The highest BCUT2D eigenvalue weighted by Gasteiger charge is 2.12. The zero-order chi connectivity index (χ0) is 19.8. The van der Waals surface area contributed by atoms with E-state index < -0.39 is 18.5 Å². The topological polar surface area (TPSA) is 93.7 Å². The van der Waals surface area contributed by atoms with Crippen molar-refractivity contribution >= 4 is 35.1 Å². The molecule has 2 N–H and O–H groups in total. The standard InChI is InChI=1S/C19H19ClN2O5/c1-12(23)21-10-13-3-5-14(6-4-13)19(25)27-11-18(24)22-16-9-15(20)7-8-17(16)26-2/h3-9H,10-11H2,1-2H3,(H,21,23)(H,22,24). The number of nitrogens with one attached hydrogen (secondary N) is 2. The second-order valence-electron chi connectivity index (χ2n) is 5.58. The van der Waals surface area contributed by atoms with E-state index in [9.17, 15) is 14.4 Å². The van der Waals surface area contributed by atoms with Crippen LogP contribution in [0.3, 0.4) is 0 Å². The predicted molar refractivity (Wildman–Crippen MR) is 101 cm³/mol. The Bertz CT molecular complexity index is 836. The molecule has 2 aromatic rings. The Labute approximate surface area is 161 Å². The molecule has 2 amide bonds. The second-order valence-corrected chi connectivity index (χ2v) is 6.01. The van der Waals surface area contributed by atoms with Gasteiger partial charge in [0.15, 0.2) is 6.61 Å². The number of hydrogen-bond acceptors (Lipinski definition) is 5. The highest BCUT2D eigenvalue weighted by molar-refractivity contribution is 6.31. The summed E-state index contributed by atoms with van der Waals surface area (Å²) in [6.07, 6.45) is 0. The molecule has 0 aliphatic heterocycles. The molecule has 0 atom stereocenters. The summed E-state index contributed by atoms with van der Waals surface area (Å²) in [6.45, 7) is 1.34. The van der Waals surface area contributed by atoms with E-state index in [1.54, 1.807) is 36.4 Å². The van der Waals surface area contributed by atoms with Crippen LogP contribution in [0.25, 0.3) is 0 Å². The first-order chi connectivity index (χ1) is 12.9. The molecule has 0 aromatic heterocycles. The molecule has 0 radical (unpaired) electrons. The molecule has 2 rings (SSSR count). The molecular formula is C19H19ClN2O5. The van der Waals surface area contributed by atoms with Gasteiger partial charge in [0.05, 0.1) is 18.4 Å². The van der Waals surface area contributed by atoms with E-state index in [4.69, 9.17) is 21.1 Å². The van der Waals surface area contributed by atoms with E-state index in [0.29, 0.717) is 28.6 Å². The number of esters is 1. The smallest absolute Gasteiger partial charge is 0.338 e. The second kappa shape index (κ2) is 9.59. The lowest BCUT2D eigenvalue weighted by atomic mass is 10.1. The molecule has 0 aliphatic carbocycles. The van der Waals surface area contributed by atoms with E-state index in [2.05, 4.69) is 10.6 Å². The van der Waals surface area contributed by atoms with Gasteiger partial charge in [-0.25, -0.2) is 4.79 Å². The van der Waals surface area contributed by atoms with Gasteiger partial charge in [0, 0.05) is 18.5 Å². The fourth-order valence-corrected chi connectivity index (χ4v) is 2.34. The van der Waals surface area contributed by atoms with Crippen molar-refractivity contribution in [3.05, 3.63) is 58.6 Å². The maximum atomic E-state index is 12.0. The quantitative estimate of drug-likeness (QED) is 0.709. The molecule has 0 heterocycles. The molecule has 27 heavy (non-hydrogen) atoms. The Hall–Kier alpha value is -3.06. The number of ether oxygens (including phenoxy) is 2. The number of halogens is 1. The number of methoxy groups -OCH3 is 1. The zero-order valence-corrected chi connectivity index (χ0v) is 15.6. The van der Waals surface area contributed by atoms with Crippen molar-refractivity contribution in [3.8, 4) is 5.75 Å². The summed E-state index contributed by atoms with van der Waals surface area (Å²) in [6, 6.07) is 11.3. The fraction of sp³-hybridized carbons (Fsp3) is 0.211. The van der Waals surface area contributed by atoms with Gasteiger partial charge in [-0.05, 0) is 35.9 Å². The lowest BCUT2D eigenvalue weighted by Crippen LogP contribution is -2.21.